The molecule has 0 spiro atoms. The number of aliphatic carboxylic acids is 2. The highest BCUT2D eigenvalue weighted by Gasteiger charge is 2.32. The molecule has 0 radical (unpaired) electrons. The Kier molecular flexibility index (Phi) is 3.88. The first kappa shape index (κ1) is 11.8. The summed E-state index contributed by atoms with van der Waals surface area (Å²) in [7, 11) is 0. The van der Waals surface area contributed by atoms with E-state index in [1.165, 1.54) is 0 Å². The Morgan fingerprint density at radius 2 is 2.07 bits per heavy atom. The quantitative estimate of drug-likeness (QED) is 0.747. The first-order valence-electron chi connectivity index (χ1n) is 5.26. The van der Waals surface area contributed by atoms with Gasteiger partial charge in [-0.3, -0.25) is 4.79 Å². The fourth-order valence-electron chi connectivity index (χ4n) is 2.15. The summed E-state index contributed by atoms with van der Waals surface area (Å²) in [5, 5.41) is 18.0. The standard InChI is InChI=1S/C11H16O4/c1-2-4-7-5-3-6-8(10(12)13)9(7)11(14)15/h8H,2-6H2,1H3,(H,12,13)(H,14,15). The van der Waals surface area contributed by atoms with Gasteiger partial charge < -0.3 is 10.2 Å². The third-order valence-corrected chi connectivity index (χ3v) is 2.78. The lowest BCUT2D eigenvalue weighted by atomic mass is 9.81. The monoisotopic (exact) mass is 212 g/mol. The third-order valence-electron chi connectivity index (χ3n) is 2.78. The molecule has 1 rings (SSSR count). The van der Waals surface area contributed by atoms with Gasteiger partial charge in [0.2, 0.25) is 0 Å². The first-order chi connectivity index (χ1) is 7.07. The zero-order valence-corrected chi connectivity index (χ0v) is 8.82. The molecule has 0 amide bonds. The molecule has 84 valence electrons. The molecule has 2 N–H and O–H groups in total. The van der Waals surface area contributed by atoms with Crippen LogP contribution in [0.3, 0.4) is 0 Å². The summed E-state index contributed by atoms with van der Waals surface area (Å²) in [5.41, 5.74) is 0.958. The van der Waals surface area contributed by atoms with Gasteiger partial charge in [0.05, 0.1) is 11.5 Å². The number of carboxylic acids is 2. The zero-order valence-electron chi connectivity index (χ0n) is 8.82. The normalized spacial score (nSPS) is 21.5. The van der Waals surface area contributed by atoms with Crippen molar-refractivity contribution in [2.24, 2.45) is 5.92 Å². The van der Waals surface area contributed by atoms with E-state index in [0.29, 0.717) is 12.8 Å². The molecule has 0 saturated carbocycles. The van der Waals surface area contributed by atoms with Crippen molar-refractivity contribution < 1.29 is 19.8 Å². The van der Waals surface area contributed by atoms with Crippen LogP contribution in [-0.4, -0.2) is 22.2 Å². The minimum absolute atomic E-state index is 0.135. The molecule has 0 aromatic rings. The summed E-state index contributed by atoms with van der Waals surface area (Å²) >= 11 is 0. The van der Waals surface area contributed by atoms with E-state index in [1.807, 2.05) is 6.92 Å². The molecule has 1 aliphatic rings. The van der Waals surface area contributed by atoms with Gasteiger partial charge in [0.1, 0.15) is 0 Å². The van der Waals surface area contributed by atoms with Gasteiger partial charge in [-0.15, -0.1) is 0 Å². The Bertz CT molecular complexity index is 304. The van der Waals surface area contributed by atoms with Crippen LogP contribution < -0.4 is 0 Å². The highest BCUT2D eigenvalue weighted by atomic mass is 16.4. The van der Waals surface area contributed by atoms with Gasteiger partial charge in [-0.25, -0.2) is 4.79 Å². The van der Waals surface area contributed by atoms with E-state index in [0.717, 1.165) is 24.8 Å². The lowest BCUT2D eigenvalue weighted by Crippen LogP contribution is -2.26. The number of carbonyl (C=O) groups is 2. The fraction of sp³-hybridized carbons (Fsp3) is 0.636. The van der Waals surface area contributed by atoms with Crippen molar-refractivity contribution in [2.75, 3.05) is 0 Å². The van der Waals surface area contributed by atoms with Crippen LogP contribution in [0.4, 0.5) is 0 Å². The molecular weight excluding hydrogens is 196 g/mol. The van der Waals surface area contributed by atoms with Crippen molar-refractivity contribution in [3.05, 3.63) is 11.1 Å². The van der Waals surface area contributed by atoms with Crippen LogP contribution >= 0.6 is 0 Å². The highest BCUT2D eigenvalue weighted by molar-refractivity contribution is 5.94. The summed E-state index contributed by atoms with van der Waals surface area (Å²) in [6, 6.07) is 0. The van der Waals surface area contributed by atoms with E-state index in [4.69, 9.17) is 10.2 Å². The SMILES string of the molecule is CCCC1=C(C(=O)O)C(C(=O)O)CCC1. The molecule has 15 heavy (non-hydrogen) atoms. The van der Waals surface area contributed by atoms with Gasteiger partial charge in [0.25, 0.3) is 0 Å². The predicted octanol–water partition coefficient (Wildman–Crippen LogP) is 2.05. The number of hydrogen-bond donors (Lipinski definition) is 2. The maximum atomic E-state index is 11.0. The number of hydrogen-bond acceptors (Lipinski definition) is 2. The van der Waals surface area contributed by atoms with E-state index in [9.17, 15) is 9.59 Å². The Morgan fingerprint density at radius 1 is 1.40 bits per heavy atom. The Morgan fingerprint density at radius 3 is 2.53 bits per heavy atom. The third kappa shape index (κ3) is 2.58. The van der Waals surface area contributed by atoms with Crippen LogP contribution in [0.25, 0.3) is 0 Å². The van der Waals surface area contributed by atoms with E-state index in [1.54, 1.807) is 0 Å². The van der Waals surface area contributed by atoms with Gasteiger partial charge in [0.15, 0.2) is 0 Å². The minimum Gasteiger partial charge on any atom is -0.481 e. The topological polar surface area (TPSA) is 74.6 Å². The second kappa shape index (κ2) is 4.96. The molecule has 0 bridgehead atoms. The predicted molar refractivity (Wildman–Crippen MR) is 54.5 cm³/mol. The minimum atomic E-state index is -1.06. The summed E-state index contributed by atoms with van der Waals surface area (Å²) in [5.74, 6) is -2.89. The summed E-state index contributed by atoms with van der Waals surface area (Å²) in [6.45, 7) is 1.97. The first-order valence-corrected chi connectivity index (χ1v) is 5.26. The van der Waals surface area contributed by atoms with E-state index >= 15 is 0 Å². The van der Waals surface area contributed by atoms with Gasteiger partial charge in [-0.2, -0.15) is 0 Å². The average Bonchev–Trinajstić information content (AvgIpc) is 2.17. The maximum Gasteiger partial charge on any atom is 0.332 e. The smallest absolute Gasteiger partial charge is 0.332 e. The van der Waals surface area contributed by atoms with Crippen LogP contribution in [0.15, 0.2) is 11.1 Å². The van der Waals surface area contributed by atoms with Crippen LogP contribution in [0.2, 0.25) is 0 Å². The lowest BCUT2D eigenvalue weighted by Gasteiger charge is -2.23. The maximum absolute atomic E-state index is 11.0. The highest BCUT2D eigenvalue weighted by Crippen LogP contribution is 2.32. The van der Waals surface area contributed by atoms with E-state index in [2.05, 4.69) is 0 Å². The van der Waals surface area contributed by atoms with Crippen molar-refractivity contribution in [3.8, 4) is 0 Å². The second-order valence-corrected chi connectivity index (χ2v) is 3.86. The number of carboxylic acid groups (broad SMARTS) is 2. The zero-order chi connectivity index (χ0) is 11.4. The molecule has 1 atom stereocenters. The Hall–Kier alpha value is -1.32. The molecule has 0 aromatic heterocycles. The van der Waals surface area contributed by atoms with Crippen LogP contribution in [-0.2, 0) is 9.59 Å². The van der Waals surface area contributed by atoms with Crippen LogP contribution in [0.5, 0.6) is 0 Å². The fourth-order valence-corrected chi connectivity index (χ4v) is 2.15. The Balaban J connectivity index is 3.05. The summed E-state index contributed by atoms with van der Waals surface area (Å²) in [4.78, 5) is 22.0. The van der Waals surface area contributed by atoms with Crippen molar-refractivity contribution in [3.63, 3.8) is 0 Å². The molecule has 0 aromatic carbocycles. The summed E-state index contributed by atoms with van der Waals surface area (Å²) in [6.07, 6.45) is 3.52. The molecule has 0 heterocycles. The van der Waals surface area contributed by atoms with Crippen molar-refractivity contribution in [1.29, 1.82) is 0 Å². The molecular formula is C11H16O4. The Labute approximate surface area is 88.6 Å². The van der Waals surface area contributed by atoms with Crippen molar-refractivity contribution in [1.82, 2.24) is 0 Å². The lowest BCUT2D eigenvalue weighted by molar-refractivity contribution is -0.144. The second-order valence-electron chi connectivity index (χ2n) is 3.86. The van der Waals surface area contributed by atoms with Gasteiger partial charge >= 0.3 is 11.9 Å². The molecule has 4 heteroatoms. The van der Waals surface area contributed by atoms with E-state index in [-0.39, 0.29) is 5.57 Å². The molecule has 1 unspecified atom stereocenters. The van der Waals surface area contributed by atoms with Crippen molar-refractivity contribution in [2.45, 2.75) is 39.0 Å². The summed E-state index contributed by atoms with van der Waals surface area (Å²) < 4.78 is 0. The van der Waals surface area contributed by atoms with Crippen LogP contribution in [0, 0.1) is 5.92 Å². The van der Waals surface area contributed by atoms with Gasteiger partial charge in [0, 0.05) is 0 Å². The molecule has 0 aliphatic heterocycles. The van der Waals surface area contributed by atoms with Crippen LogP contribution in [0.1, 0.15) is 39.0 Å². The van der Waals surface area contributed by atoms with Crippen molar-refractivity contribution >= 4 is 11.9 Å². The molecule has 0 fully saturated rings. The van der Waals surface area contributed by atoms with Gasteiger partial charge in [-0.05, 0) is 25.7 Å². The number of rotatable bonds is 4. The largest absolute Gasteiger partial charge is 0.481 e. The van der Waals surface area contributed by atoms with Gasteiger partial charge in [-0.1, -0.05) is 18.9 Å². The molecule has 4 nitrogen and oxygen atoms in total. The average molecular weight is 212 g/mol. The molecule has 1 aliphatic carbocycles. The molecule has 0 saturated heterocycles. The van der Waals surface area contributed by atoms with E-state index < -0.39 is 17.9 Å². The number of allylic oxidation sites excluding steroid dienone is 1.